The molecule has 0 atom stereocenters. The zero-order valence-corrected chi connectivity index (χ0v) is 34.5. The van der Waals surface area contributed by atoms with Gasteiger partial charge >= 0.3 is 17.1 Å². The third-order valence-electron chi connectivity index (χ3n) is 6.15. The second-order valence-corrected chi connectivity index (χ2v) is 25.0. The van der Waals surface area contributed by atoms with Crippen molar-refractivity contribution in [2.45, 2.75) is 53.1 Å². The van der Waals surface area contributed by atoms with Gasteiger partial charge in [-0.1, -0.05) is 153 Å². The molecule has 0 bridgehead atoms. The minimum absolute atomic E-state index is 0. The first kappa shape index (κ1) is 42.1. The van der Waals surface area contributed by atoms with Crippen LogP contribution in [-0.2, 0) is 17.1 Å². The summed E-state index contributed by atoms with van der Waals surface area (Å²) in [4.78, 5) is 15.2. The summed E-state index contributed by atoms with van der Waals surface area (Å²) in [5, 5.41) is 1.19. The molecule has 0 N–H and O–H groups in total. The van der Waals surface area contributed by atoms with Crippen LogP contribution in [0.4, 0.5) is 11.4 Å². The number of hydrogen-bond acceptors (Lipinski definition) is 3. The van der Waals surface area contributed by atoms with E-state index in [2.05, 4.69) is 52.4 Å². The van der Waals surface area contributed by atoms with Crippen LogP contribution in [0.25, 0.3) is 0 Å². The predicted octanol–water partition coefficient (Wildman–Crippen LogP) is 12.7. The number of aryl methyl sites for hydroxylation is 2. The van der Waals surface area contributed by atoms with Crippen molar-refractivity contribution in [3.63, 3.8) is 0 Å². The molecule has 0 aliphatic rings. The summed E-state index contributed by atoms with van der Waals surface area (Å²) in [6, 6.07) is 37.5. The molecule has 4 aromatic carbocycles. The first-order valence-corrected chi connectivity index (χ1v) is 24.2. The van der Waals surface area contributed by atoms with Gasteiger partial charge in [0.1, 0.15) is 0 Å². The average molecular weight is 765 g/mol. The van der Waals surface area contributed by atoms with Gasteiger partial charge in [-0.15, -0.1) is 16.1 Å². The number of pyridine rings is 1. The van der Waals surface area contributed by atoms with Crippen molar-refractivity contribution in [2.24, 2.45) is 9.98 Å². The zero-order chi connectivity index (χ0) is 35.5. The van der Waals surface area contributed by atoms with E-state index in [1.165, 1.54) is 0 Å². The summed E-state index contributed by atoms with van der Waals surface area (Å²) in [5.41, 5.74) is 8.20. The Labute approximate surface area is 317 Å². The topological polar surface area (TPSA) is 37.6 Å². The molecule has 0 aliphatic carbocycles. The summed E-state index contributed by atoms with van der Waals surface area (Å²) in [6.45, 7) is 25.1. The maximum Gasteiger partial charge on any atom is 2.00 e. The Morgan fingerprint density at radius 3 is 1.12 bits per heavy atom. The molecule has 8 heteroatoms. The largest absolute Gasteiger partial charge is 2.00 e. The number of aromatic nitrogens is 1. The third-order valence-corrected chi connectivity index (χ3v) is 6.76. The Morgan fingerprint density at radius 1 is 0.510 bits per heavy atom. The summed E-state index contributed by atoms with van der Waals surface area (Å²) < 4.78 is 0. The van der Waals surface area contributed by atoms with Gasteiger partial charge in [0, 0.05) is 11.1 Å². The van der Waals surface area contributed by atoms with Gasteiger partial charge in [0.15, 0.2) is 0 Å². The van der Waals surface area contributed by atoms with E-state index in [1.54, 1.807) is 0 Å². The molecule has 3 nitrogen and oxygen atoms in total. The molecule has 1 heterocycles. The van der Waals surface area contributed by atoms with Crippen molar-refractivity contribution in [3.8, 4) is 0 Å². The summed E-state index contributed by atoms with van der Waals surface area (Å²) in [6.07, 6.45) is 0. The van der Waals surface area contributed by atoms with E-state index in [9.17, 15) is 0 Å². The van der Waals surface area contributed by atoms with Crippen LogP contribution in [0.2, 0.25) is 49.3 Å². The Balaban J connectivity index is 0.000000667. The van der Waals surface area contributed by atoms with Crippen molar-refractivity contribution in [3.05, 3.63) is 172 Å². The minimum atomic E-state index is -0.861. The molecule has 0 aliphatic heterocycles. The van der Waals surface area contributed by atoms with E-state index in [1.807, 2.05) is 129 Å². The average Bonchev–Trinajstić information content (AvgIpc) is 3.00. The molecule has 256 valence electrons. The quantitative estimate of drug-likeness (QED) is 0.0964. The third kappa shape index (κ3) is 14.7. The minimum Gasteiger partial charge on any atom is -0.342 e. The first-order chi connectivity index (χ1) is 22.5. The fourth-order valence-corrected chi connectivity index (χ4v) is 4.71. The predicted molar refractivity (Wildman–Crippen MR) is 218 cm³/mol. The number of benzene rings is 4. The number of nitrogens with zero attached hydrogens (tertiary/aromatic N) is 3. The number of hydrogen-bond donors (Lipinski definition) is 0. The second kappa shape index (κ2) is 19.3. The summed E-state index contributed by atoms with van der Waals surface area (Å²) >= 11 is 13.1. The van der Waals surface area contributed by atoms with Gasteiger partial charge in [-0.3, -0.25) is 0 Å². The molecule has 0 fully saturated rings. The van der Waals surface area contributed by atoms with Crippen LogP contribution in [0.1, 0.15) is 33.6 Å². The molecule has 1 aromatic heterocycles. The van der Waals surface area contributed by atoms with E-state index in [0.717, 1.165) is 45.1 Å². The molecule has 0 amide bonds. The van der Waals surface area contributed by atoms with Crippen LogP contribution >= 0.6 is 23.2 Å². The Kier molecular flexibility index (Phi) is 16.6. The maximum absolute atomic E-state index is 6.57. The van der Waals surface area contributed by atoms with E-state index in [-0.39, 0.29) is 17.1 Å². The molecular formula is C41H47Cl2FeN3Si2. The van der Waals surface area contributed by atoms with Gasteiger partial charge in [0.05, 0.1) is 44.2 Å². The Morgan fingerprint density at radius 2 is 0.816 bits per heavy atom. The van der Waals surface area contributed by atoms with Crippen LogP contribution in [0.5, 0.6) is 0 Å². The van der Waals surface area contributed by atoms with Gasteiger partial charge in [0.25, 0.3) is 0 Å². The number of rotatable bonds is 6. The first-order valence-electron chi connectivity index (χ1n) is 16.0. The molecule has 49 heavy (non-hydrogen) atoms. The van der Waals surface area contributed by atoms with Crippen LogP contribution in [-0.4, -0.2) is 32.6 Å². The molecule has 5 aromatic rings. The van der Waals surface area contributed by atoms with Gasteiger partial charge in [-0.25, -0.2) is 15.0 Å². The van der Waals surface area contributed by atoms with Crippen molar-refractivity contribution >= 4 is 62.1 Å². The molecule has 0 radical (unpaired) electrons. The summed E-state index contributed by atoms with van der Waals surface area (Å²) in [7, 11) is -1.72. The smallest absolute Gasteiger partial charge is 0.342 e. The number of aliphatic imine (C=N–C) groups is 2. The van der Waals surface area contributed by atoms with Crippen molar-refractivity contribution in [1.29, 1.82) is 0 Å². The fourth-order valence-electron chi connectivity index (χ4n) is 4.18. The number of para-hydroxylation sites is 2. The summed E-state index contributed by atoms with van der Waals surface area (Å²) in [5.74, 6) is 0. The molecular weight excluding hydrogens is 717 g/mol. The molecule has 0 spiro atoms. The molecule has 5 rings (SSSR count). The second-order valence-electron chi connectivity index (χ2n) is 14.0. The van der Waals surface area contributed by atoms with E-state index in [4.69, 9.17) is 38.2 Å². The number of halogens is 2. The van der Waals surface area contributed by atoms with Crippen molar-refractivity contribution in [2.75, 3.05) is 0 Å². The molecule has 0 saturated carbocycles. The standard InChI is InChI=1S/C33H25Cl2N3.2C4H11Si.Fe/c1-22-12-9-18-26(34)30(22)37-32(24-14-5-3-6-15-24)28-20-11-21-29(36-28)33(25-16-7-4-8-17-25)38-31-23(2)13-10-19-27(31)35;2*1-5(2,3)4;/h3-21H,1-2H3;2*1H2,2-4H3;/q;2*-1;+2. The Bertz CT molecular complexity index is 1660. The monoisotopic (exact) mass is 763 g/mol. The van der Waals surface area contributed by atoms with E-state index >= 15 is 0 Å². The van der Waals surface area contributed by atoms with Crippen LogP contribution in [0.3, 0.4) is 0 Å². The van der Waals surface area contributed by atoms with E-state index < -0.39 is 16.1 Å². The molecule has 0 saturated heterocycles. The SMILES string of the molecule is Cc1cccc(Cl)c1N=C(c1ccccc1)c1cccc(C(=Nc2c(C)cccc2Cl)c2ccccc2)n1.[CH2-][Si](C)(C)C.[CH2-][Si](C)(C)C.[Fe+2]. The van der Waals surface area contributed by atoms with Gasteiger partial charge in [-0.05, 0) is 49.2 Å². The van der Waals surface area contributed by atoms with Gasteiger partial charge < -0.3 is 13.1 Å². The zero-order valence-electron chi connectivity index (χ0n) is 29.8. The van der Waals surface area contributed by atoms with Gasteiger partial charge in [-0.2, -0.15) is 0 Å². The molecule has 0 unspecified atom stereocenters. The fraction of sp³-hybridized carbons (Fsp3) is 0.195. The Hall–Kier alpha value is -3.10. The van der Waals surface area contributed by atoms with Crippen LogP contribution < -0.4 is 0 Å². The maximum atomic E-state index is 6.57. The van der Waals surface area contributed by atoms with Crippen molar-refractivity contribution in [1.82, 2.24) is 4.98 Å². The van der Waals surface area contributed by atoms with Crippen LogP contribution in [0, 0.1) is 26.9 Å². The van der Waals surface area contributed by atoms with E-state index in [0.29, 0.717) is 21.4 Å². The van der Waals surface area contributed by atoms with Crippen LogP contribution in [0.15, 0.2) is 125 Å². The van der Waals surface area contributed by atoms with Gasteiger partial charge in [0.2, 0.25) is 0 Å². The van der Waals surface area contributed by atoms with Crippen molar-refractivity contribution < 1.29 is 17.1 Å². The normalized spacial score (nSPS) is 11.8.